The fourth-order valence-electron chi connectivity index (χ4n) is 3.04. The Hall–Kier alpha value is -2.60. The van der Waals surface area contributed by atoms with Crippen LogP contribution in [0.3, 0.4) is 0 Å². The summed E-state index contributed by atoms with van der Waals surface area (Å²) < 4.78 is 2.05. The number of aromatic nitrogens is 2. The van der Waals surface area contributed by atoms with Crippen molar-refractivity contribution in [1.82, 2.24) is 14.5 Å². The molecule has 2 heterocycles. The highest BCUT2D eigenvalue weighted by atomic mass is 32.2. The van der Waals surface area contributed by atoms with Crippen molar-refractivity contribution in [1.29, 1.82) is 0 Å². The van der Waals surface area contributed by atoms with Crippen molar-refractivity contribution in [3.8, 4) is 5.69 Å². The van der Waals surface area contributed by atoms with Gasteiger partial charge in [0.2, 0.25) is 11.8 Å². The lowest BCUT2D eigenvalue weighted by molar-refractivity contribution is -0.140. The predicted octanol–water partition coefficient (Wildman–Crippen LogP) is 3.27. The molecule has 0 radical (unpaired) electrons. The molecular weight excluding hydrogens is 334 g/mol. The summed E-state index contributed by atoms with van der Waals surface area (Å²) in [7, 11) is 0. The maximum Gasteiger partial charge on any atom is 0.239 e. The zero-order valence-electron chi connectivity index (χ0n) is 13.6. The van der Waals surface area contributed by atoms with Crippen molar-refractivity contribution < 1.29 is 9.59 Å². The lowest BCUT2D eigenvalue weighted by Gasteiger charge is -2.13. The maximum absolute atomic E-state index is 12.3. The molecule has 1 fully saturated rings. The third-order valence-electron chi connectivity index (χ3n) is 4.24. The van der Waals surface area contributed by atoms with E-state index in [1.807, 2.05) is 54.6 Å². The Morgan fingerprint density at radius 2 is 1.84 bits per heavy atom. The number of carbonyl (C=O) groups excluding carboxylic acids is 2. The largest absolute Gasteiger partial charge is 0.287 e. The van der Waals surface area contributed by atoms with Crippen LogP contribution in [0.5, 0.6) is 0 Å². The first-order valence-corrected chi connectivity index (χ1v) is 9.21. The number of imidazole rings is 1. The predicted molar refractivity (Wildman–Crippen MR) is 97.7 cm³/mol. The summed E-state index contributed by atoms with van der Waals surface area (Å²) >= 11 is 1.37. The van der Waals surface area contributed by atoms with Gasteiger partial charge < -0.3 is 0 Å². The summed E-state index contributed by atoms with van der Waals surface area (Å²) in [5, 5.41) is 0.757. The number of carbonyl (C=O) groups is 2. The summed E-state index contributed by atoms with van der Waals surface area (Å²) in [5.41, 5.74) is 2.89. The fourth-order valence-corrected chi connectivity index (χ4v) is 3.95. The van der Waals surface area contributed by atoms with Crippen LogP contribution in [0, 0.1) is 0 Å². The number of rotatable bonds is 4. The van der Waals surface area contributed by atoms with Gasteiger partial charge in [-0.05, 0) is 30.7 Å². The Bertz CT molecular complexity index is 936. The van der Waals surface area contributed by atoms with Gasteiger partial charge in [-0.2, -0.15) is 0 Å². The molecule has 0 saturated carbocycles. The van der Waals surface area contributed by atoms with E-state index >= 15 is 0 Å². The van der Waals surface area contributed by atoms with E-state index in [2.05, 4.69) is 9.55 Å². The van der Waals surface area contributed by atoms with Crippen LogP contribution < -0.4 is 0 Å². The fraction of sp³-hybridized carbons (Fsp3) is 0.211. The SMILES string of the molecule is O=C1CCCN1C(=O)CSc1nc2ccccc2n1-c1ccccc1. The average Bonchev–Trinajstić information content (AvgIpc) is 3.23. The Labute approximate surface area is 149 Å². The monoisotopic (exact) mass is 351 g/mol. The second-order valence-electron chi connectivity index (χ2n) is 5.89. The molecular formula is C19H17N3O2S. The molecule has 2 aromatic carbocycles. The first kappa shape index (κ1) is 15.9. The van der Waals surface area contributed by atoms with Gasteiger partial charge in [-0.25, -0.2) is 4.98 Å². The molecule has 6 heteroatoms. The van der Waals surface area contributed by atoms with E-state index in [1.165, 1.54) is 16.7 Å². The lowest BCUT2D eigenvalue weighted by Crippen LogP contribution is -2.33. The minimum Gasteiger partial charge on any atom is -0.287 e. The normalized spacial score (nSPS) is 14.4. The summed E-state index contributed by atoms with van der Waals surface area (Å²) in [4.78, 5) is 30.1. The zero-order valence-corrected chi connectivity index (χ0v) is 14.4. The zero-order chi connectivity index (χ0) is 17.2. The van der Waals surface area contributed by atoms with E-state index in [0.29, 0.717) is 13.0 Å². The van der Waals surface area contributed by atoms with E-state index in [-0.39, 0.29) is 17.6 Å². The molecule has 0 bridgehead atoms. The molecule has 0 aliphatic carbocycles. The third-order valence-corrected chi connectivity index (χ3v) is 5.17. The van der Waals surface area contributed by atoms with Gasteiger partial charge in [-0.1, -0.05) is 42.1 Å². The lowest BCUT2D eigenvalue weighted by atomic mass is 10.3. The van der Waals surface area contributed by atoms with Gasteiger partial charge in [0.15, 0.2) is 5.16 Å². The molecule has 0 unspecified atom stereocenters. The van der Waals surface area contributed by atoms with Crippen LogP contribution in [-0.2, 0) is 9.59 Å². The van der Waals surface area contributed by atoms with Crippen molar-refractivity contribution >= 4 is 34.6 Å². The van der Waals surface area contributed by atoms with Crippen LogP contribution >= 0.6 is 11.8 Å². The van der Waals surface area contributed by atoms with Crippen LogP contribution in [0.4, 0.5) is 0 Å². The molecule has 0 atom stereocenters. The molecule has 0 spiro atoms. The van der Waals surface area contributed by atoms with Crippen LogP contribution in [0.2, 0.25) is 0 Å². The second kappa shape index (κ2) is 6.72. The van der Waals surface area contributed by atoms with Gasteiger partial charge >= 0.3 is 0 Å². The molecule has 1 aliphatic rings. The first-order valence-electron chi connectivity index (χ1n) is 8.23. The summed E-state index contributed by atoms with van der Waals surface area (Å²) in [6.07, 6.45) is 1.23. The molecule has 0 N–H and O–H groups in total. The number of thioether (sulfide) groups is 1. The topological polar surface area (TPSA) is 55.2 Å². The number of para-hydroxylation sites is 3. The van der Waals surface area contributed by atoms with Gasteiger partial charge in [0.1, 0.15) is 0 Å². The molecule has 126 valence electrons. The summed E-state index contributed by atoms with van der Waals surface area (Å²) in [6, 6.07) is 17.9. The number of amides is 2. The average molecular weight is 351 g/mol. The van der Waals surface area contributed by atoms with Gasteiger partial charge in [0.25, 0.3) is 0 Å². The van der Waals surface area contributed by atoms with Crippen molar-refractivity contribution in [2.75, 3.05) is 12.3 Å². The van der Waals surface area contributed by atoms with E-state index in [1.54, 1.807) is 0 Å². The Morgan fingerprint density at radius 3 is 2.60 bits per heavy atom. The van der Waals surface area contributed by atoms with Crippen molar-refractivity contribution in [2.24, 2.45) is 0 Å². The van der Waals surface area contributed by atoms with Crippen LogP contribution in [0.1, 0.15) is 12.8 Å². The Balaban J connectivity index is 1.65. The number of fused-ring (bicyclic) bond motifs is 1. The van der Waals surface area contributed by atoms with E-state index in [9.17, 15) is 9.59 Å². The molecule has 3 aromatic rings. The molecule has 1 aromatic heterocycles. The number of likely N-dealkylation sites (tertiary alicyclic amines) is 1. The second-order valence-corrected chi connectivity index (χ2v) is 6.83. The van der Waals surface area contributed by atoms with Crippen LogP contribution in [0.25, 0.3) is 16.7 Å². The molecule has 2 amide bonds. The van der Waals surface area contributed by atoms with Crippen molar-refractivity contribution in [2.45, 2.75) is 18.0 Å². The number of hydrogen-bond acceptors (Lipinski definition) is 4. The van der Waals surface area contributed by atoms with Crippen LogP contribution in [-0.4, -0.2) is 38.6 Å². The van der Waals surface area contributed by atoms with Gasteiger partial charge in [0, 0.05) is 18.7 Å². The number of hydrogen-bond donors (Lipinski definition) is 0. The number of imide groups is 1. The quantitative estimate of drug-likeness (QED) is 0.677. The first-order chi connectivity index (χ1) is 12.2. The smallest absolute Gasteiger partial charge is 0.239 e. The summed E-state index contributed by atoms with van der Waals surface area (Å²) in [5.74, 6) is 0.00311. The third kappa shape index (κ3) is 3.05. The van der Waals surface area contributed by atoms with Crippen molar-refractivity contribution in [3.63, 3.8) is 0 Å². The highest BCUT2D eigenvalue weighted by Gasteiger charge is 2.26. The standard InChI is InChI=1S/C19H17N3O2S/c23-17-11-6-12-21(17)18(24)13-25-19-20-15-9-4-5-10-16(15)22(19)14-7-2-1-3-8-14/h1-5,7-10H,6,11-13H2. The van der Waals surface area contributed by atoms with Gasteiger partial charge in [0.05, 0.1) is 16.8 Å². The molecule has 4 rings (SSSR count). The summed E-state index contributed by atoms with van der Waals surface area (Å²) in [6.45, 7) is 0.535. The molecule has 5 nitrogen and oxygen atoms in total. The minimum atomic E-state index is -0.140. The van der Waals surface area contributed by atoms with Crippen molar-refractivity contribution in [3.05, 3.63) is 54.6 Å². The Kier molecular flexibility index (Phi) is 4.28. The molecule has 1 saturated heterocycles. The molecule has 25 heavy (non-hydrogen) atoms. The highest BCUT2D eigenvalue weighted by molar-refractivity contribution is 7.99. The van der Waals surface area contributed by atoms with E-state index in [4.69, 9.17) is 0 Å². The van der Waals surface area contributed by atoms with Gasteiger partial charge in [-0.3, -0.25) is 19.1 Å². The van der Waals surface area contributed by atoms with E-state index < -0.39 is 0 Å². The van der Waals surface area contributed by atoms with E-state index in [0.717, 1.165) is 28.3 Å². The number of nitrogens with zero attached hydrogens (tertiary/aromatic N) is 3. The number of benzene rings is 2. The Morgan fingerprint density at radius 1 is 1.08 bits per heavy atom. The minimum absolute atomic E-state index is 0.0674. The molecule has 1 aliphatic heterocycles. The maximum atomic E-state index is 12.3. The van der Waals surface area contributed by atoms with Gasteiger partial charge in [-0.15, -0.1) is 0 Å². The van der Waals surface area contributed by atoms with Crippen LogP contribution in [0.15, 0.2) is 59.8 Å². The highest BCUT2D eigenvalue weighted by Crippen LogP contribution is 2.28.